The van der Waals surface area contributed by atoms with Crippen molar-refractivity contribution in [3.8, 4) is 0 Å². The second kappa shape index (κ2) is 6.52. The molecule has 112 valence electrons. The second-order valence-electron chi connectivity index (χ2n) is 5.75. The third-order valence-corrected chi connectivity index (χ3v) is 3.35. The molecule has 0 atom stereocenters. The highest BCUT2D eigenvalue weighted by Crippen LogP contribution is 2.13. The molecule has 1 heterocycles. The van der Waals surface area contributed by atoms with Gasteiger partial charge in [-0.15, -0.1) is 5.10 Å². The molecule has 0 aliphatic carbocycles. The fourth-order valence-corrected chi connectivity index (χ4v) is 2.26. The molecule has 5 heteroatoms. The topological polar surface area (TPSA) is 68.0 Å². The third-order valence-electron chi connectivity index (χ3n) is 3.35. The van der Waals surface area contributed by atoms with Crippen molar-refractivity contribution >= 4 is 5.97 Å². The lowest BCUT2D eigenvalue weighted by Crippen LogP contribution is -2.12. The molecule has 1 aromatic heterocycles. The first kappa shape index (κ1) is 15.2. The van der Waals surface area contributed by atoms with E-state index in [0.717, 1.165) is 6.42 Å². The molecule has 5 nitrogen and oxygen atoms in total. The van der Waals surface area contributed by atoms with Crippen molar-refractivity contribution in [2.75, 3.05) is 0 Å². The molecule has 1 N–H and O–H groups in total. The van der Waals surface area contributed by atoms with Crippen LogP contribution in [0.5, 0.6) is 0 Å². The van der Waals surface area contributed by atoms with Crippen molar-refractivity contribution in [2.45, 2.75) is 40.2 Å². The van der Waals surface area contributed by atoms with Gasteiger partial charge in [-0.25, -0.2) is 9.48 Å². The number of carboxylic acids is 1. The van der Waals surface area contributed by atoms with Crippen molar-refractivity contribution in [2.24, 2.45) is 5.92 Å². The molecule has 0 aliphatic rings. The summed E-state index contributed by atoms with van der Waals surface area (Å²) < 4.78 is 1.72. The van der Waals surface area contributed by atoms with Gasteiger partial charge in [0.1, 0.15) is 0 Å². The van der Waals surface area contributed by atoms with Gasteiger partial charge in [-0.2, -0.15) is 0 Å². The maximum absolute atomic E-state index is 11.3. The first-order valence-corrected chi connectivity index (χ1v) is 7.18. The zero-order chi connectivity index (χ0) is 15.4. The van der Waals surface area contributed by atoms with E-state index in [2.05, 4.69) is 48.4 Å². The van der Waals surface area contributed by atoms with E-state index in [1.807, 2.05) is 6.92 Å². The summed E-state index contributed by atoms with van der Waals surface area (Å²) in [4.78, 5) is 11.3. The smallest absolute Gasteiger partial charge is 0.358 e. The van der Waals surface area contributed by atoms with Gasteiger partial charge >= 0.3 is 5.97 Å². The van der Waals surface area contributed by atoms with Crippen LogP contribution in [0.15, 0.2) is 24.3 Å². The predicted octanol–water partition coefficient (Wildman–Crippen LogP) is 2.73. The van der Waals surface area contributed by atoms with Crippen LogP contribution >= 0.6 is 0 Å². The molecule has 2 rings (SSSR count). The van der Waals surface area contributed by atoms with E-state index in [4.69, 9.17) is 0 Å². The Labute approximate surface area is 124 Å². The molecule has 0 radical (unpaired) electrons. The van der Waals surface area contributed by atoms with Crippen LogP contribution in [0.1, 0.15) is 41.2 Å². The third kappa shape index (κ3) is 3.90. The van der Waals surface area contributed by atoms with Crippen LogP contribution in [0.2, 0.25) is 0 Å². The summed E-state index contributed by atoms with van der Waals surface area (Å²) in [7, 11) is 0. The van der Waals surface area contributed by atoms with E-state index in [0.29, 0.717) is 24.6 Å². The maximum atomic E-state index is 11.3. The Balaban J connectivity index is 2.18. The number of hydrogen-bond donors (Lipinski definition) is 1. The van der Waals surface area contributed by atoms with Crippen molar-refractivity contribution < 1.29 is 9.90 Å². The van der Waals surface area contributed by atoms with E-state index in [1.54, 1.807) is 4.68 Å². The SMILES string of the molecule is Cc1ccc(CCc2c(C(=O)O)nnn2CC(C)C)cc1. The molecule has 1 aromatic carbocycles. The predicted molar refractivity (Wildman–Crippen MR) is 80.4 cm³/mol. The van der Waals surface area contributed by atoms with Crippen LogP contribution in [-0.4, -0.2) is 26.1 Å². The Kier molecular flexibility index (Phi) is 4.73. The average molecular weight is 287 g/mol. The van der Waals surface area contributed by atoms with E-state index in [1.165, 1.54) is 11.1 Å². The van der Waals surface area contributed by atoms with Gasteiger partial charge in [0.15, 0.2) is 5.69 Å². The fourth-order valence-electron chi connectivity index (χ4n) is 2.26. The van der Waals surface area contributed by atoms with Gasteiger partial charge in [-0.05, 0) is 31.2 Å². The number of carbonyl (C=O) groups is 1. The summed E-state index contributed by atoms with van der Waals surface area (Å²) >= 11 is 0. The van der Waals surface area contributed by atoms with Crippen LogP contribution in [0.3, 0.4) is 0 Å². The molecule has 0 aliphatic heterocycles. The van der Waals surface area contributed by atoms with E-state index < -0.39 is 5.97 Å². The number of hydrogen-bond acceptors (Lipinski definition) is 3. The number of aromatic carboxylic acids is 1. The first-order chi connectivity index (χ1) is 9.97. The van der Waals surface area contributed by atoms with E-state index in [-0.39, 0.29) is 5.69 Å². The van der Waals surface area contributed by atoms with Crippen LogP contribution in [0.4, 0.5) is 0 Å². The molecule has 0 fully saturated rings. The molecule has 0 unspecified atom stereocenters. The van der Waals surface area contributed by atoms with Crippen molar-refractivity contribution in [3.63, 3.8) is 0 Å². The van der Waals surface area contributed by atoms with Crippen LogP contribution < -0.4 is 0 Å². The highest BCUT2D eigenvalue weighted by atomic mass is 16.4. The molecule has 0 spiro atoms. The Morgan fingerprint density at radius 3 is 2.48 bits per heavy atom. The minimum Gasteiger partial charge on any atom is -0.476 e. The highest BCUT2D eigenvalue weighted by molar-refractivity contribution is 5.86. The van der Waals surface area contributed by atoms with Crippen molar-refractivity contribution in [1.29, 1.82) is 0 Å². The lowest BCUT2D eigenvalue weighted by atomic mass is 10.1. The van der Waals surface area contributed by atoms with Crippen molar-refractivity contribution in [1.82, 2.24) is 15.0 Å². The fraction of sp³-hybridized carbons (Fsp3) is 0.438. The highest BCUT2D eigenvalue weighted by Gasteiger charge is 2.19. The number of benzene rings is 1. The molecular formula is C16H21N3O2. The standard InChI is InChI=1S/C16H21N3O2/c1-11(2)10-19-14(15(16(20)21)17-18-19)9-8-13-6-4-12(3)5-7-13/h4-7,11H,8-10H2,1-3H3,(H,20,21). The number of aryl methyl sites for hydroxylation is 2. The lowest BCUT2D eigenvalue weighted by Gasteiger charge is -2.09. The zero-order valence-corrected chi connectivity index (χ0v) is 12.7. The number of aromatic nitrogens is 3. The minimum atomic E-state index is -1.01. The largest absolute Gasteiger partial charge is 0.476 e. The van der Waals surface area contributed by atoms with Crippen molar-refractivity contribution in [3.05, 3.63) is 46.8 Å². The quantitative estimate of drug-likeness (QED) is 0.887. The summed E-state index contributed by atoms with van der Waals surface area (Å²) in [5.74, 6) is -0.615. The maximum Gasteiger partial charge on any atom is 0.358 e. The van der Waals surface area contributed by atoms with Gasteiger partial charge < -0.3 is 5.11 Å². The molecule has 0 amide bonds. The normalized spacial score (nSPS) is 11.0. The molecule has 0 saturated heterocycles. The van der Waals surface area contributed by atoms with Gasteiger partial charge in [-0.1, -0.05) is 48.9 Å². The Morgan fingerprint density at radius 1 is 1.24 bits per heavy atom. The number of nitrogens with zero attached hydrogens (tertiary/aromatic N) is 3. The summed E-state index contributed by atoms with van der Waals surface area (Å²) in [6, 6.07) is 8.28. The molecule has 0 bridgehead atoms. The molecule has 0 saturated carbocycles. The summed E-state index contributed by atoms with van der Waals surface area (Å²) in [6.45, 7) is 6.88. The van der Waals surface area contributed by atoms with E-state index in [9.17, 15) is 9.90 Å². The van der Waals surface area contributed by atoms with Gasteiger partial charge in [0.05, 0.1) is 5.69 Å². The van der Waals surface area contributed by atoms with Gasteiger partial charge in [0.25, 0.3) is 0 Å². The monoisotopic (exact) mass is 287 g/mol. The second-order valence-corrected chi connectivity index (χ2v) is 5.75. The van der Waals surface area contributed by atoms with Crippen LogP contribution in [0, 0.1) is 12.8 Å². The van der Waals surface area contributed by atoms with Crippen LogP contribution in [-0.2, 0) is 19.4 Å². The van der Waals surface area contributed by atoms with E-state index >= 15 is 0 Å². The summed E-state index contributed by atoms with van der Waals surface area (Å²) in [6.07, 6.45) is 1.41. The summed E-state index contributed by atoms with van der Waals surface area (Å²) in [5, 5.41) is 17.0. The molecule has 21 heavy (non-hydrogen) atoms. The lowest BCUT2D eigenvalue weighted by molar-refractivity contribution is 0.0689. The van der Waals surface area contributed by atoms with Gasteiger partial charge in [0.2, 0.25) is 0 Å². The Morgan fingerprint density at radius 2 is 1.90 bits per heavy atom. The number of carboxylic acid groups (broad SMARTS) is 1. The van der Waals surface area contributed by atoms with Gasteiger partial charge in [0, 0.05) is 6.54 Å². The zero-order valence-electron chi connectivity index (χ0n) is 12.7. The molecule has 2 aromatic rings. The Hall–Kier alpha value is -2.17. The number of rotatable bonds is 6. The minimum absolute atomic E-state index is 0.0720. The average Bonchev–Trinajstić information content (AvgIpc) is 2.80. The Bertz CT molecular complexity index is 615. The first-order valence-electron chi connectivity index (χ1n) is 7.18. The van der Waals surface area contributed by atoms with Gasteiger partial charge in [-0.3, -0.25) is 0 Å². The molecular weight excluding hydrogens is 266 g/mol. The summed E-state index contributed by atoms with van der Waals surface area (Å²) in [5.41, 5.74) is 3.19. The van der Waals surface area contributed by atoms with Crippen LogP contribution in [0.25, 0.3) is 0 Å².